The second-order valence-electron chi connectivity index (χ2n) is 3.54. The minimum absolute atomic E-state index is 0.187. The molecular weight excluding hydrogens is 250 g/mol. The van der Waals surface area contributed by atoms with Crippen LogP contribution in [-0.2, 0) is 16.1 Å². The Balaban J connectivity index is 1.93. The van der Waals surface area contributed by atoms with Crippen molar-refractivity contribution in [3.63, 3.8) is 0 Å². The quantitative estimate of drug-likeness (QED) is 0.828. The largest absolute Gasteiger partial charge is 0.468 e. The maximum atomic E-state index is 10.9. The van der Waals surface area contributed by atoms with E-state index >= 15 is 0 Å². The lowest BCUT2D eigenvalue weighted by Crippen LogP contribution is -2.23. The zero-order chi connectivity index (χ0) is 12.8. The molecule has 0 bridgehead atoms. The molecule has 0 saturated carbocycles. The van der Waals surface area contributed by atoms with E-state index < -0.39 is 0 Å². The number of nitrogens with zero attached hydrogens (tertiary/aromatic N) is 2. The Morgan fingerprint density at radius 1 is 1.50 bits per heavy atom. The molecular formula is C12H13N3O2S. The SMILES string of the molecule is COC(=O)CNCc1csc(-c2ccccn2)n1. The van der Waals surface area contributed by atoms with E-state index in [-0.39, 0.29) is 12.5 Å². The van der Waals surface area contributed by atoms with Gasteiger partial charge in [-0.05, 0) is 12.1 Å². The molecule has 0 amide bonds. The van der Waals surface area contributed by atoms with Crippen molar-refractivity contribution in [2.45, 2.75) is 6.54 Å². The molecule has 0 radical (unpaired) electrons. The van der Waals surface area contributed by atoms with Crippen LogP contribution < -0.4 is 5.32 Å². The number of hydrogen-bond donors (Lipinski definition) is 1. The Kier molecular flexibility index (Phi) is 4.38. The highest BCUT2D eigenvalue weighted by Crippen LogP contribution is 2.20. The van der Waals surface area contributed by atoms with E-state index in [1.54, 1.807) is 6.20 Å². The Morgan fingerprint density at radius 3 is 3.11 bits per heavy atom. The van der Waals surface area contributed by atoms with Crippen molar-refractivity contribution in [3.05, 3.63) is 35.5 Å². The van der Waals surface area contributed by atoms with Gasteiger partial charge in [-0.1, -0.05) is 6.07 Å². The lowest BCUT2D eigenvalue weighted by atomic mass is 10.3. The number of aromatic nitrogens is 2. The van der Waals surface area contributed by atoms with Gasteiger partial charge >= 0.3 is 5.97 Å². The first kappa shape index (κ1) is 12.7. The van der Waals surface area contributed by atoms with E-state index in [0.717, 1.165) is 16.4 Å². The van der Waals surface area contributed by atoms with Crippen molar-refractivity contribution >= 4 is 17.3 Å². The van der Waals surface area contributed by atoms with Gasteiger partial charge in [-0.25, -0.2) is 4.98 Å². The van der Waals surface area contributed by atoms with Crippen LogP contribution >= 0.6 is 11.3 Å². The zero-order valence-corrected chi connectivity index (χ0v) is 10.7. The number of nitrogens with one attached hydrogen (secondary N) is 1. The molecule has 0 unspecified atom stereocenters. The number of rotatable bonds is 5. The third kappa shape index (κ3) is 3.35. The van der Waals surface area contributed by atoms with Crippen LogP contribution in [0.4, 0.5) is 0 Å². The molecule has 2 aromatic heterocycles. The Bertz CT molecular complexity index is 513. The van der Waals surface area contributed by atoms with Gasteiger partial charge in [-0.15, -0.1) is 11.3 Å². The molecule has 0 aliphatic rings. The van der Waals surface area contributed by atoms with E-state index in [0.29, 0.717) is 6.54 Å². The van der Waals surface area contributed by atoms with Crippen LogP contribution in [0.2, 0.25) is 0 Å². The number of hydrogen-bond acceptors (Lipinski definition) is 6. The van der Waals surface area contributed by atoms with Crippen molar-refractivity contribution in [2.75, 3.05) is 13.7 Å². The number of carbonyl (C=O) groups is 1. The van der Waals surface area contributed by atoms with Crippen molar-refractivity contribution < 1.29 is 9.53 Å². The van der Waals surface area contributed by atoms with Gasteiger partial charge in [0.1, 0.15) is 5.01 Å². The highest BCUT2D eigenvalue weighted by Gasteiger charge is 2.06. The van der Waals surface area contributed by atoms with Crippen molar-refractivity contribution in [3.8, 4) is 10.7 Å². The van der Waals surface area contributed by atoms with Gasteiger partial charge in [-0.3, -0.25) is 9.78 Å². The fourth-order valence-corrected chi connectivity index (χ4v) is 2.16. The summed E-state index contributed by atoms with van der Waals surface area (Å²) in [4.78, 5) is 19.6. The van der Waals surface area contributed by atoms with E-state index in [1.165, 1.54) is 18.4 Å². The molecule has 0 aliphatic carbocycles. The number of thiazole rings is 1. The number of ether oxygens (including phenoxy) is 1. The summed E-state index contributed by atoms with van der Waals surface area (Å²) in [5, 5.41) is 5.80. The van der Waals surface area contributed by atoms with Gasteiger partial charge in [0.2, 0.25) is 0 Å². The summed E-state index contributed by atoms with van der Waals surface area (Å²) >= 11 is 1.54. The first-order chi connectivity index (χ1) is 8.79. The maximum absolute atomic E-state index is 10.9. The minimum atomic E-state index is -0.282. The van der Waals surface area contributed by atoms with Crippen LogP contribution in [0.15, 0.2) is 29.8 Å². The lowest BCUT2D eigenvalue weighted by Gasteiger charge is -2.00. The summed E-state index contributed by atoms with van der Waals surface area (Å²) in [6, 6.07) is 5.72. The maximum Gasteiger partial charge on any atom is 0.319 e. The van der Waals surface area contributed by atoms with Crippen molar-refractivity contribution in [1.29, 1.82) is 0 Å². The summed E-state index contributed by atoms with van der Waals surface area (Å²) in [7, 11) is 1.37. The van der Waals surface area contributed by atoms with Crippen LogP contribution in [0.3, 0.4) is 0 Å². The average Bonchev–Trinajstić information content (AvgIpc) is 2.88. The van der Waals surface area contributed by atoms with E-state index in [1.807, 2.05) is 23.6 Å². The molecule has 1 N–H and O–H groups in total. The Morgan fingerprint density at radius 2 is 2.39 bits per heavy atom. The van der Waals surface area contributed by atoms with Gasteiger partial charge in [0.05, 0.1) is 25.0 Å². The zero-order valence-electron chi connectivity index (χ0n) is 9.92. The molecule has 0 spiro atoms. The van der Waals surface area contributed by atoms with Gasteiger partial charge < -0.3 is 10.1 Å². The third-order valence-electron chi connectivity index (χ3n) is 2.24. The van der Waals surface area contributed by atoms with Crippen LogP contribution in [0, 0.1) is 0 Å². The lowest BCUT2D eigenvalue weighted by molar-refractivity contribution is -0.139. The number of pyridine rings is 1. The first-order valence-corrected chi connectivity index (χ1v) is 6.31. The standard InChI is InChI=1S/C12H13N3O2S/c1-17-11(16)7-13-6-9-8-18-12(15-9)10-4-2-3-5-14-10/h2-5,8,13H,6-7H2,1H3. The second kappa shape index (κ2) is 6.23. The monoisotopic (exact) mass is 263 g/mol. The molecule has 0 atom stereocenters. The van der Waals surface area contributed by atoms with E-state index in [4.69, 9.17) is 0 Å². The second-order valence-corrected chi connectivity index (χ2v) is 4.40. The molecule has 5 nitrogen and oxygen atoms in total. The molecule has 18 heavy (non-hydrogen) atoms. The highest BCUT2D eigenvalue weighted by molar-refractivity contribution is 7.13. The van der Waals surface area contributed by atoms with E-state index in [9.17, 15) is 4.79 Å². The normalized spacial score (nSPS) is 10.3. The fraction of sp³-hybridized carbons (Fsp3) is 0.250. The summed E-state index contributed by atoms with van der Waals surface area (Å²) < 4.78 is 4.53. The number of carbonyl (C=O) groups excluding carboxylic acids is 1. The molecule has 0 fully saturated rings. The van der Waals surface area contributed by atoms with Gasteiger partial charge in [0, 0.05) is 18.1 Å². The van der Waals surface area contributed by atoms with Gasteiger partial charge in [0.15, 0.2) is 0 Å². The highest BCUT2D eigenvalue weighted by atomic mass is 32.1. The molecule has 2 aromatic rings. The number of methoxy groups -OCH3 is 1. The van der Waals surface area contributed by atoms with Crippen LogP contribution in [-0.4, -0.2) is 29.6 Å². The van der Waals surface area contributed by atoms with Crippen LogP contribution in [0.5, 0.6) is 0 Å². The summed E-state index contributed by atoms with van der Waals surface area (Å²) in [5.74, 6) is -0.282. The molecule has 0 aliphatic heterocycles. The molecule has 0 saturated heterocycles. The van der Waals surface area contributed by atoms with Crippen molar-refractivity contribution in [2.24, 2.45) is 0 Å². The Hall–Kier alpha value is -1.79. The molecule has 2 rings (SSSR count). The van der Waals surface area contributed by atoms with Crippen LogP contribution in [0.1, 0.15) is 5.69 Å². The first-order valence-electron chi connectivity index (χ1n) is 5.43. The van der Waals surface area contributed by atoms with Crippen molar-refractivity contribution in [1.82, 2.24) is 15.3 Å². The van der Waals surface area contributed by atoms with Crippen LogP contribution in [0.25, 0.3) is 10.7 Å². The molecule has 0 aromatic carbocycles. The molecule has 2 heterocycles. The Labute approximate surface area is 109 Å². The number of esters is 1. The molecule has 94 valence electrons. The van der Waals surface area contributed by atoms with Gasteiger partial charge in [0.25, 0.3) is 0 Å². The predicted octanol–water partition coefficient (Wildman–Crippen LogP) is 1.47. The van der Waals surface area contributed by atoms with E-state index in [2.05, 4.69) is 20.0 Å². The smallest absolute Gasteiger partial charge is 0.319 e. The van der Waals surface area contributed by atoms with Gasteiger partial charge in [-0.2, -0.15) is 0 Å². The minimum Gasteiger partial charge on any atom is -0.468 e. The summed E-state index contributed by atoms with van der Waals surface area (Å²) in [5.41, 5.74) is 1.76. The third-order valence-corrected chi connectivity index (χ3v) is 3.15. The fourth-order valence-electron chi connectivity index (χ4n) is 1.36. The summed E-state index contributed by atoms with van der Waals surface area (Å²) in [6.45, 7) is 0.728. The summed E-state index contributed by atoms with van der Waals surface area (Å²) in [6.07, 6.45) is 1.74. The molecule has 6 heteroatoms. The average molecular weight is 263 g/mol. The predicted molar refractivity (Wildman–Crippen MR) is 69.1 cm³/mol. The topological polar surface area (TPSA) is 64.1 Å².